The maximum Gasteiger partial charge on any atom is 0.254 e. The first kappa shape index (κ1) is 15.1. The summed E-state index contributed by atoms with van der Waals surface area (Å²) in [5, 5.41) is 0. The highest BCUT2D eigenvalue weighted by atomic mass is 16.2. The van der Waals surface area contributed by atoms with Crippen LogP contribution in [0.25, 0.3) is 0 Å². The molecule has 2 aromatic rings. The van der Waals surface area contributed by atoms with Gasteiger partial charge in [-0.1, -0.05) is 29.8 Å². The number of carbonyl (C=O) groups is 1. The largest absolute Gasteiger partial charge is 0.399 e. The molecule has 2 rings (SSSR count). The number of nitrogens with zero attached hydrogens (tertiary/aromatic N) is 1. The zero-order valence-electron chi connectivity index (χ0n) is 13.1. The first-order chi connectivity index (χ1) is 9.90. The van der Waals surface area contributed by atoms with Crippen LogP contribution >= 0.6 is 0 Å². The van der Waals surface area contributed by atoms with Gasteiger partial charge >= 0.3 is 0 Å². The molecular weight excluding hydrogens is 260 g/mol. The number of nitrogen functional groups attached to an aromatic ring is 1. The molecule has 3 nitrogen and oxygen atoms in total. The first-order valence-corrected chi connectivity index (χ1v) is 7.10. The Morgan fingerprint density at radius 3 is 2.29 bits per heavy atom. The second kappa shape index (κ2) is 6.00. The minimum atomic E-state index is 0.00572. The molecule has 0 radical (unpaired) electrons. The Morgan fingerprint density at radius 1 is 1.10 bits per heavy atom. The van der Waals surface area contributed by atoms with Crippen LogP contribution in [0.2, 0.25) is 0 Å². The van der Waals surface area contributed by atoms with Crippen LogP contribution in [0.1, 0.15) is 40.0 Å². The maximum atomic E-state index is 12.6. The molecule has 0 bridgehead atoms. The van der Waals surface area contributed by atoms with E-state index >= 15 is 0 Å². The lowest BCUT2D eigenvalue weighted by atomic mass is 10.0. The van der Waals surface area contributed by atoms with Gasteiger partial charge in [-0.15, -0.1) is 0 Å². The number of carbonyl (C=O) groups excluding carboxylic acids is 1. The molecule has 110 valence electrons. The van der Waals surface area contributed by atoms with E-state index < -0.39 is 0 Å². The lowest BCUT2D eigenvalue weighted by molar-refractivity contribution is 0.0742. The zero-order valence-corrected chi connectivity index (χ0v) is 13.1. The average molecular weight is 282 g/mol. The molecule has 0 heterocycles. The number of anilines is 1. The van der Waals surface area contributed by atoms with E-state index in [1.165, 1.54) is 5.56 Å². The molecule has 1 atom stereocenters. The van der Waals surface area contributed by atoms with Gasteiger partial charge in [0.25, 0.3) is 5.91 Å². The Labute approximate surface area is 126 Å². The standard InChI is InChI=1S/C18H22N2O/c1-12-5-7-15(8-6-12)14(3)20(4)18(21)16-9-10-17(19)13(2)11-16/h5-11,14H,19H2,1-4H3. The summed E-state index contributed by atoms with van der Waals surface area (Å²) in [5.41, 5.74) is 10.5. The van der Waals surface area contributed by atoms with Crippen LogP contribution in [0.3, 0.4) is 0 Å². The number of benzene rings is 2. The van der Waals surface area contributed by atoms with Crippen molar-refractivity contribution in [3.05, 3.63) is 64.7 Å². The van der Waals surface area contributed by atoms with Gasteiger partial charge in [0.05, 0.1) is 6.04 Å². The van der Waals surface area contributed by atoms with Gasteiger partial charge in [0.15, 0.2) is 0 Å². The number of aryl methyl sites for hydroxylation is 2. The van der Waals surface area contributed by atoms with E-state index in [2.05, 4.69) is 31.2 Å². The molecule has 0 aliphatic rings. The van der Waals surface area contributed by atoms with E-state index in [1.807, 2.05) is 27.0 Å². The van der Waals surface area contributed by atoms with Gasteiger partial charge in [0.1, 0.15) is 0 Å². The van der Waals surface area contributed by atoms with E-state index in [1.54, 1.807) is 17.0 Å². The van der Waals surface area contributed by atoms with Gasteiger partial charge in [0.2, 0.25) is 0 Å². The van der Waals surface area contributed by atoms with Crippen molar-refractivity contribution in [3.8, 4) is 0 Å². The Morgan fingerprint density at radius 2 is 1.71 bits per heavy atom. The molecule has 0 spiro atoms. The van der Waals surface area contributed by atoms with Gasteiger partial charge in [-0.2, -0.15) is 0 Å². The predicted molar refractivity (Wildman–Crippen MR) is 87.3 cm³/mol. The number of hydrogen-bond acceptors (Lipinski definition) is 2. The van der Waals surface area contributed by atoms with Gasteiger partial charge in [-0.3, -0.25) is 4.79 Å². The third kappa shape index (κ3) is 3.24. The normalized spacial score (nSPS) is 12.0. The summed E-state index contributed by atoms with van der Waals surface area (Å²) in [4.78, 5) is 14.3. The van der Waals surface area contributed by atoms with Crippen molar-refractivity contribution in [2.45, 2.75) is 26.8 Å². The Balaban J connectivity index is 2.21. The minimum Gasteiger partial charge on any atom is -0.399 e. The highest BCUT2D eigenvalue weighted by Crippen LogP contribution is 2.22. The third-order valence-corrected chi connectivity index (χ3v) is 3.98. The van der Waals surface area contributed by atoms with Crippen LogP contribution in [-0.2, 0) is 0 Å². The molecule has 21 heavy (non-hydrogen) atoms. The molecule has 1 amide bonds. The number of nitrogens with two attached hydrogens (primary N) is 1. The molecule has 0 fully saturated rings. The first-order valence-electron chi connectivity index (χ1n) is 7.10. The van der Waals surface area contributed by atoms with Crippen LogP contribution in [0.15, 0.2) is 42.5 Å². The quantitative estimate of drug-likeness (QED) is 0.872. The number of amides is 1. The molecule has 0 aromatic heterocycles. The van der Waals surface area contributed by atoms with Crippen molar-refractivity contribution in [1.29, 1.82) is 0 Å². The molecular formula is C18H22N2O. The van der Waals surface area contributed by atoms with Crippen molar-refractivity contribution >= 4 is 11.6 Å². The van der Waals surface area contributed by atoms with Crippen molar-refractivity contribution < 1.29 is 4.79 Å². The second-order valence-corrected chi connectivity index (χ2v) is 5.57. The predicted octanol–water partition coefficient (Wildman–Crippen LogP) is 3.72. The second-order valence-electron chi connectivity index (χ2n) is 5.57. The third-order valence-electron chi connectivity index (χ3n) is 3.98. The monoisotopic (exact) mass is 282 g/mol. The molecule has 1 unspecified atom stereocenters. The van der Waals surface area contributed by atoms with Gasteiger partial charge in [0, 0.05) is 18.3 Å². The van der Waals surface area contributed by atoms with E-state index in [4.69, 9.17) is 5.73 Å². The summed E-state index contributed by atoms with van der Waals surface area (Å²) >= 11 is 0. The lowest BCUT2D eigenvalue weighted by Crippen LogP contribution is -2.29. The molecule has 0 saturated carbocycles. The summed E-state index contributed by atoms with van der Waals surface area (Å²) in [6.45, 7) is 6.00. The van der Waals surface area contributed by atoms with Crippen LogP contribution in [0.5, 0.6) is 0 Å². The van der Waals surface area contributed by atoms with Crippen molar-refractivity contribution in [3.63, 3.8) is 0 Å². The van der Waals surface area contributed by atoms with E-state index in [-0.39, 0.29) is 11.9 Å². The van der Waals surface area contributed by atoms with Crippen LogP contribution < -0.4 is 5.73 Å². The van der Waals surface area contributed by atoms with Crippen LogP contribution in [-0.4, -0.2) is 17.9 Å². The van der Waals surface area contributed by atoms with Crippen molar-refractivity contribution in [1.82, 2.24) is 4.90 Å². The fourth-order valence-electron chi connectivity index (χ4n) is 2.26. The number of hydrogen-bond donors (Lipinski definition) is 1. The Bertz CT molecular complexity index is 647. The highest BCUT2D eigenvalue weighted by Gasteiger charge is 2.19. The van der Waals surface area contributed by atoms with Crippen LogP contribution in [0, 0.1) is 13.8 Å². The molecule has 0 saturated heterocycles. The molecule has 0 aliphatic heterocycles. The molecule has 3 heteroatoms. The zero-order chi connectivity index (χ0) is 15.6. The van der Waals surface area contributed by atoms with Crippen molar-refractivity contribution in [2.75, 3.05) is 12.8 Å². The lowest BCUT2D eigenvalue weighted by Gasteiger charge is -2.26. The van der Waals surface area contributed by atoms with Gasteiger partial charge in [-0.05, 0) is 50.1 Å². The smallest absolute Gasteiger partial charge is 0.254 e. The topological polar surface area (TPSA) is 46.3 Å². The summed E-state index contributed by atoms with van der Waals surface area (Å²) in [5.74, 6) is 0.00572. The fourth-order valence-corrected chi connectivity index (χ4v) is 2.26. The van der Waals surface area contributed by atoms with E-state index in [0.717, 1.165) is 11.1 Å². The average Bonchev–Trinajstić information content (AvgIpc) is 2.48. The SMILES string of the molecule is Cc1ccc(C(C)N(C)C(=O)c2ccc(N)c(C)c2)cc1. The summed E-state index contributed by atoms with van der Waals surface area (Å²) in [7, 11) is 1.83. The van der Waals surface area contributed by atoms with Crippen LogP contribution in [0.4, 0.5) is 5.69 Å². The fraction of sp³-hybridized carbons (Fsp3) is 0.278. The molecule has 0 aliphatic carbocycles. The highest BCUT2D eigenvalue weighted by molar-refractivity contribution is 5.95. The van der Waals surface area contributed by atoms with E-state index in [0.29, 0.717) is 11.3 Å². The maximum absolute atomic E-state index is 12.6. The summed E-state index contributed by atoms with van der Waals surface area (Å²) in [6, 6.07) is 13.7. The van der Waals surface area contributed by atoms with Crippen molar-refractivity contribution in [2.24, 2.45) is 0 Å². The number of rotatable bonds is 3. The minimum absolute atomic E-state index is 0.00572. The summed E-state index contributed by atoms with van der Waals surface area (Å²) < 4.78 is 0. The Hall–Kier alpha value is -2.29. The van der Waals surface area contributed by atoms with Gasteiger partial charge < -0.3 is 10.6 Å². The molecule has 2 N–H and O–H groups in total. The molecule has 2 aromatic carbocycles. The van der Waals surface area contributed by atoms with Gasteiger partial charge in [-0.25, -0.2) is 0 Å². The summed E-state index contributed by atoms with van der Waals surface area (Å²) in [6.07, 6.45) is 0. The Kier molecular flexibility index (Phi) is 4.32. The van der Waals surface area contributed by atoms with E-state index in [9.17, 15) is 4.79 Å².